The number of amides is 1. The standard InChI is InChI=1S/C20H27N3O3S/c1-3-26-20(24)21-12-15-6-4-5-7-17(15)22-18-13-27-19(23-18)14-8-10-16(25-2)11-9-14/h8-11,13,15,17,22H,3-7,12H2,1-2H3,(H,21,24). The number of carbonyl (C=O) groups excluding carboxylic acids is 1. The van der Waals surface area contributed by atoms with Crippen LogP contribution < -0.4 is 15.4 Å². The zero-order valence-electron chi connectivity index (χ0n) is 15.9. The zero-order chi connectivity index (χ0) is 19.1. The lowest BCUT2D eigenvalue weighted by atomic mass is 9.84. The Morgan fingerprint density at radius 1 is 1.26 bits per heavy atom. The van der Waals surface area contributed by atoms with Crippen LogP contribution in [0, 0.1) is 5.92 Å². The molecule has 0 bridgehead atoms. The fourth-order valence-corrected chi connectivity index (χ4v) is 4.20. The minimum absolute atomic E-state index is 0.312. The number of alkyl carbamates (subject to hydrolysis) is 1. The first-order valence-corrected chi connectivity index (χ1v) is 10.3. The summed E-state index contributed by atoms with van der Waals surface area (Å²) in [6, 6.07) is 8.25. The number of thiazole rings is 1. The van der Waals surface area contributed by atoms with Gasteiger partial charge < -0.3 is 20.1 Å². The van der Waals surface area contributed by atoms with Crippen LogP contribution >= 0.6 is 11.3 Å². The van der Waals surface area contributed by atoms with Crippen LogP contribution in [0.1, 0.15) is 32.6 Å². The number of hydrogen-bond acceptors (Lipinski definition) is 6. The number of ether oxygens (including phenoxy) is 2. The molecule has 1 fully saturated rings. The molecule has 1 amide bonds. The normalized spacial score (nSPS) is 19.3. The first-order chi connectivity index (χ1) is 13.2. The second-order valence-electron chi connectivity index (χ2n) is 6.66. The highest BCUT2D eigenvalue weighted by Crippen LogP contribution is 2.31. The maximum atomic E-state index is 11.6. The predicted octanol–water partition coefficient (Wildman–Crippen LogP) is 4.54. The SMILES string of the molecule is CCOC(=O)NCC1CCCCC1Nc1csc(-c2ccc(OC)cc2)n1. The lowest BCUT2D eigenvalue weighted by Gasteiger charge is -2.32. The van der Waals surface area contributed by atoms with Gasteiger partial charge in [0.15, 0.2) is 0 Å². The molecule has 0 radical (unpaired) electrons. The van der Waals surface area contributed by atoms with Crippen molar-refractivity contribution in [3.8, 4) is 16.3 Å². The molecule has 3 rings (SSSR count). The van der Waals surface area contributed by atoms with Crippen molar-refractivity contribution in [2.24, 2.45) is 5.92 Å². The molecule has 1 saturated carbocycles. The highest BCUT2D eigenvalue weighted by Gasteiger charge is 2.26. The molecule has 6 nitrogen and oxygen atoms in total. The molecular weight excluding hydrogens is 362 g/mol. The molecule has 2 unspecified atom stereocenters. The number of aromatic nitrogens is 1. The van der Waals surface area contributed by atoms with Gasteiger partial charge in [0.25, 0.3) is 0 Å². The smallest absolute Gasteiger partial charge is 0.407 e. The molecular formula is C20H27N3O3S. The van der Waals surface area contributed by atoms with Crippen LogP contribution in [0.2, 0.25) is 0 Å². The van der Waals surface area contributed by atoms with E-state index in [1.807, 2.05) is 31.2 Å². The first-order valence-electron chi connectivity index (χ1n) is 9.46. The Balaban J connectivity index is 1.60. The van der Waals surface area contributed by atoms with E-state index in [2.05, 4.69) is 16.0 Å². The lowest BCUT2D eigenvalue weighted by molar-refractivity contribution is 0.148. The van der Waals surface area contributed by atoms with Crippen LogP contribution in [0.4, 0.5) is 10.6 Å². The van der Waals surface area contributed by atoms with E-state index in [4.69, 9.17) is 14.5 Å². The van der Waals surface area contributed by atoms with E-state index in [9.17, 15) is 4.79 Å². The number of carbonyl (C=O) groups is 1. The van der Waals surface area contributed by atoms with Crippen molar-refractivity contribution >= 4 is 23.2 Å². The highest BCUT2D eigenvalue weighted by molar-refractivity contribution is 7.13. The average Bonchev–Trinajstić information content (AvgIpc) is 3.16. The van der Waals surface area contributed by atoms with Crippen molar-refractivity contribution in [2.75, 3.05) is 25.6 Å². The molecule has 0 saturated heterocycles. The molecule has 2 N–H and O–H groups in total. The number of anilines is 1. The Labute approximate surface area is 164 Å². The highest BCUT2D eigenvalue weighted by atomic mass is 32.1. The van der Waals surface area contributed by atoms with Crippen molar-refractivity contribution in [3.63, 3.8) is 0 Å². The van der Waals surface area contributed by atoms with Crippen molar-refractivity contribution in [1.29, 1.82) is 0 Å². The van der Waals surface area contributed by atoms with Crippen molar-refractivity contribution in [1.82, 2.24) is 10.3 Å². The molecule has 2 aromatic rings. The van der Waals surface area contributed by atoms with Crippen molar-refractivity contribution in [2.45, 2.75) is 38.6 Å². The molecule has 1 aliphatic rings. The Bertz CT molecular complexity index is 732. The number of nitrogens with zero attached hydrogens (tertiary/aromatic N) is 1. The monoisotopic (exact) mass is 389 g/mol. The third-order valence-electron chi connectivity index (χ3n) is 4.87. The van der Waals surface area contributed by atoms with Gasteiger partial charge in [-0.25, -0.2) is 9.78 Å². The molecule has 0 aliphatic heterocycles. The van der Waals surface area contributed by atoms with Gasteiger partial charge in [0.2, 0.25) is 0 Å². The number of benzene rings is 1. The molecule has 1 aromatic carbocycles. The van der Waals surface area contributed by atoms with Crippen molar-refractivity contribution < 1.29 is 14.3 Å². The summed E-state index contributed by atoms with van der Waals surface area (Å²) in [5.74, 6) is 2.13. The van der Waals surface area contributed by atoms with E-state index in [0.29, 0.717) is 25.1 Å². The molecule has 2 atom stereocenters. The summed E-state index contributed by atoms with van der Waals surface area (Å²) >= 11 is 1.63. The summed E-state index contributed by atoms with van der Waals surface area (Å²) in [4.78, 5) is 16.3. The van der Waals surface area contributed by atoms with Gasteiger partial charge in [-0.15, -0.1) is 11.3 Å². The zero-order valence-corrected chi connectivity index (χ0v) is 16.7. The van der Waals surface area contributed by atoms with E-state index >= 15 is 0 Å². The summed E-state index contributed by atoms with van der Waals surface area (Å²) in [6.07, 6.45) is 4.24. The van der Waals surface area contributed by atoms with E-state index in [-0.39, 0.29) is 6.09 Å². The Kier molecular flexibility index (Phi) is 6.92. The Morgan fingerprint density at radius 3 is 2.78 bits per heavy atom. The summed E-state index contributed by atoms with van der Waals surface area (Å²) < 4.78 is 10.2. The Morgan fingerprint density at radius 2 is 2.04 bits per heavy atom. The fourth-order valence-electron chi connectivity index (χ4n) is 3.43. The fraction of sp³-hybridized carbons (Fsp3) is 0.500. The topological polar surface area (TPSA) is 72.5 Å². The van der Waals surface area contributed by atoms with Gasteiger partial charge in [-0.1, -0.05) is 12.8 Å². The maximum absolute atomic E-state index is 11.6. The number of rotatable bonds is 7. The van der Waals surface area contributed by atoms with E-state index in [1.165, 1.54) is 12.8 Å². The molecule has 146 valence electrons. The van der Waals surface area contributed by atoms with E-state index < -0.39 is 0 Å². The van der Waals surface area contributed by atoms with Crippen LogP contribution in [0.15, 0.2) is 29.6 Å². The average molecular weight is 390 g/mol. The summed E-state index contributed by atoms with van der Waals surface area (Å²) in [5.41, 5.74) is 1.08. The largest absolute Gasteiger partial charge is 0.497 e. The van der Waals surface area contributed by atoms with Crippen LogP contribution in [-0.2, 0) is 4.74 Å². The van der Waals surface area contributed by atoms with Gasteiger partial charge in [0.1, 0.15) is 16.6 Å². The molecule has 27 heavy (non-hydrogen) atoms. The molecule has 1 heterocycles. The molecule has 0 spiro atoms. The van der Waals surface area contributed by atoms with Gasteiger partial charge >= 0.3 is 6.09 Å². The molecule has 1 aromatic heterocycles. The third kappa shape index (κ3) is 5.35. The summed E-state index contributed by atoms with van der Waals surface area (Å²) in [7, 11) is 1.66. The van der Waals surface area contributed by atoms with Gasteiger partial charge in [-0.05, 0) is 49.9 Å². The minimum atomic E-state index is -0.336. The van der Waals surface area contributed by atoms with Gasteiger partial charge in [-0.2, -0.15) is 0 Å². The van der Waals surface area contributed by atoms with Gasteiger partial charge in [-0.3, -0.25) is 0 Å². The Hall–Kier alpha value is -2.28. The quantitative estimate of drug-likeness (QED) is 0.728. The predicted molar refractivity (Wildman–Crippen MR) is 108 cm³/mol. The second kappa shape index (κ2) is 9.60. The number of nitrogens with one attached hydrogen (secondary N) is 2. The number of methoxy groups -OCH3 is 1. The molecule has 7 heteroatoms. The summed E-state index contributed by atoms with van der Waals surface area (Å²) in [5, 5.41) is 9.51. The van der Waals surface area contributed by atoms with Crippen LogP contribution in [-0.4, -0.2) is 37.4 Å². The maximum Gasteiger partial charge on any atom is 0.407 e. The first kappa shape index (κ1) is 19.5. The second-order valence-corrected chi connectivity index (χ2v) is 7.52. The van der Waals surface area contributed by atoms with E-state index in [1.54, 1.807) is 18.4 Å². The molecule has 1 aliphatic carbocycles. The van der Waals surface area contributed by atoms with Gasteiger partial charge in [0, 0.05) is 23.5 Å². The van der Waals surface area contributed by atoms with Crippen LogP contribution in [0.25, 0.3) is 10.6 Å². The van der Waals surface area contributed by atoms with Crippen molar-refractivity contribution in [3.05, 3.63) is 29.6 Å². The third-order valence-corrected chi connectivity index (χ3v) is 5.76. The van der Waals surface area contributed by atoms with E-state index in [0.717, 1.165) is 35.0 Å². The van der Waals surface area contributed by atoms with Gasteiger partial charge in [0.05, 0.1) is 13.7 Å². The van der Waals surface area contributed by atoms with Crippen LogP contribution in [0.5, 0.6) is 5.75 Å². The minimum Gasteiger partial charge on any atom is -0.497 e. The summed E-state index contributed by atoms with van der Waals surface area (Å²) in [6.45, 7) is 2.84. The lowest BCUT2D eigenvalue weighted by Crippen LogP contribution is -2.40. The van der Waals surface area contributed by atoms with Crippen LogP contribution in [0.3, 0.4) is 0 Å². The number of hydrogen-bond donors (Lipinski definition) is 2.